The Balaban J connectivity index is 1.12. The molecule has 10 aromatic rings. The monoisotopic (exact) mass is 727 g/mol. The quantitative estimate of drug-likeness (QED) is 0.163. The fraction of sp³-hybridized carbons (Fsp3) is 0.0182. The van der Waals surface area contributed by atoms with Crippen molar-refractivity contribution in [1.29, 1.82) is 0 Å². The van der Waals surface area contributed by atoms with Gasteiger partial charge in [-0.3, -0.25) is 0 Å². The van der Waals surface area contributed by atoms with E-state index in [1.807, 2.05) is 0 Å². The molecule has 1 aromatic heterocycles. The first-order chi connectivity index (χ1) is 28.3. The van der Waals surface area contributed by atoms with Crippen LogP contribution in [0, 0.1) is 0 Å². The molecule has 2 heteroatoms. The normalized spacial score (nSPS) is 12.7. The average Bonchev–Trinajstić information content (AvgIpc) is 3.82. The fourth-order valence-corrected chi connectivity index (χ4v) is 9.22. The Morgan fingerprint density at radius 2 is 0.912 bits per heavy atom. The zero-order valence-electron chi connectivity index (χ0n) is 31.2. The molecule has 2 nitrogen and oxygen atoms in total. The summed E-state index contributed by atoms with van der Waals surface area (Å²) >= 11 is 0. The Hall–Kier alpha value is -7.42. The molecule has 0 radical (unpaired) electrons. The molecule has 0 aliphatic heterocycles. The van der Waals surface area contributed by atoms with E-state index in [0.717, 1.165) is 44.6 Å². The van der Waals surface area contributed by atoms with Crippen molar-refractivity contribution >= 4 is 39.0 Å². The molecule has 1 aliphatic rings. The molecule has 1 heterocycles. The molecule has 0 saturated heterocycles. The predicted octanol–water partition coefficient (Wildman–Crippen LogP) is 14.8. The second-order valence-corrected chi connectivity index (χ2v) is 14.8. The Kier molecular flexibility index (Phi) is 7.75. The highest BCUT2D eigenvalue weighted by atomic mass is 16.3. The summed E-state index contributed by atoms with van der Waals surface area (Å²) in [6, 6.07) is 81.0. The van der Waals surface area contributed by atoms with Crippen molar-refractivity contribution in [3.63, 3.8) is 0 Å². The van der Waals surface area contributed by atoms with Gasteiger partial charge in [-0.15, -0.1) is 0 Å². The van der Waals surface area contributed by atoms with Crippen LogP contribution in [0.15, 0.2) is 229 Å². The van der Waals surface area contributed by atoms with Crippen LogP contribution in [0.25, 0.3) is 55.3 Å². The smallest absolute Gasteiger partial charge is 0.159 e. The second-order valence-electron chi connectivity index (χ2n) is 14.8. The van der Waals surface area contributed by atoms with Crippen LogP contribution < -0.4 is 4.90 Å². The molecule has 0 N–H and O–H groups in total. The maximum atomic E-state index is 6.97. The predicted molar refractivity (Wildman–Crippen MR) is 237 cm³/mol. The number of nitrogens with zero attached hydrogens (tertiary/aromatic N) is 1. The number of benzene rings is 9. The summed E-state index contributed by atoms with van der Waals surface area (Å²) in [6.45, 7) is 0. The Morgan fingerprint density at radius 1 is 0.351 bits per heavy atom. The van der Waals surface area contributed by atoms with E-state index in [0.29, 0.717) is 0 Å². The summed E-state index contributed by atoms with van der Waals surface area (Å²) in [4.78, 5) is 2.34. The first kappa shape index (κ1) is 33.0. The van der Waals surface area contributed by atoms with Crippen LogP contribution >= 0.6 is 0 Å². The minimum Gasteiger partial charge on any atom is -0.454 e. The van der Waals surface area contributed by atoms with Crippen LogP contribution in [-0.2, 0) is 5.41 Å². The first-order valence-corrected chi connectivity index (χ1v) is 19.6. The molecule has 57 heavy (non-hydrogen) atoms. The summed E-state index contributed by atoms with van der Waals surface area (Å²) in [7, 11) is 0. The van der Waals surface area contributed by atoms with Gasteiger partial charge in [-0.1, -0.05) is 182 Å². The van der Waals surface area contributed by atoms with Crippen molar-refractivity contribution in [2.45, 2.75) is 5.41 Å². The van der Waals surface area contributed by atoms with E-state index in [9.17, 15) is 0 Å². The third-order valence-electron chi connectivity index (χ3n) is 11.8. The van der Waals surface area contributed by atoms with Crippen LogP contribution in [0.5, 0.6) is 0 Å². The number of fused-ring (bicyclic) bond motifs is 6. The van der Waals surface area contributed by atoms with E-state index >= 15 is 0 Å². The third kappa shape index (κ3) is 5.26. The summed E-state index contributed by atoms with van der Waals surface area (Å²) in [5.74, 6) is 0. The molecule has 0 amide bonds. The molecule has 0 bridgehead atoms. The van der Waals surface area contributed by atoms with Crippen LogP contribution in [-0.4, -0.2) is 0 Å². The van der Waals surface area contributed by atoms with Crippen LogP contribution in [0.2, 0.25) is 0 Å². The third-order valence-corrected chi connectivity index (χ3v) is 11.8. The van der Waals surface area contributed by atoms with Gasteiger partial charge in [0.15, 0.2) is 5.58 Å². The molecule has 268 valence electrons. The van der Waals surface area contributed by atoms with Gasteiger partial charge in [0.1, 0.15) is 5.58 Å². The number of rotatable bonds is 7. The Morgan fingerprint density at radius 3 is 1.60 bits per heavy atom. The van der Waals surface area contributed by atoms with Gasteiger partial charge < -0.3 is 9.32 Å². The molecule has 0 unspecified atom stereocenters. The van der Waals surface area contributed by atoms with Crippen LogP contribution in [0.3, 0.4) is 0 Å². The van der Waals surface area contributed by atoms with E-state index in [1.54, 1.807) is 0 Å². The molecular formula is C55H37NO. The van der Waals surface area contributed by atoms with Gasteiger partial charge in [-0.05, 0) is 98.1 Å². The van der Waals surface area contributed by atoms with Gasteiger partial charge in [-0.25, -0.2) is 0 Å². The summed E-state index contributed by atoms with van der Waals surface area (Å²) in [6.07, 6.45) is 0. The van der Waals surface area contributed by atoms with Crippen molar-refractivity contribution in [2.75, 3.05) is 4.90 Å². The Labute approximate surface area is 332 Å². The van der Waals surface area contributed by atoms with Gasteiger partial charge >= 0.3 is 0 Å². The van der Waals surface area contributed by atoms with Gasteiger partial charge in [0.2, 0.25) is 0 Å². The highest BCUT2D eigenvalue weighted by Crippen LogP contribution is 2.56. The minimum atomic E-state index is -0.492. The fourth-order valence-electron chi connectivity index (χ4n) is 9.22. The SMILES string of the molecule is c1ccc(-c2ccc(N(c3cccc(-c4ccccc4)c3)c3cccc4c3oc3ccc(C5(c6ccccc6)c6ccccc6-c6ccccc65)cc34)cc2)cc1. The van der Waals surface area contributed by atoms with Crippen LogP contribution in [0.4, 0.5) is 17.1 Å². The summed E-state index contributed by atoms with van der Waals surface area (Å²) < 4.78 is 6.97. The molecule has 9 aromatic carbocycles. The van der Waals surface area contributed by atoms with Gasteiger partial charge in [-0.2, -0.15) is 0 Å². The lowest BCUT2D eigenvalue weighted by Gasteiger charge is -2.33. The maximum Gasteiger partial charge on any atom is 0.159 e. The standard InChI is InChI=1S/C55H37NO/c1-4-16-38(17-5-1)40-30-33-44(34-31-40)56(45-23-14-20-41(36-45)39-18-6-2-7-19-39)52-29-15-26-48-49-37-43(32-35-53(49)57-54(48)52)55(42-21-8-3-9-22-42)50-27-12-10-24-46(50)47-25-11-13-28-51(47)55/h1-37H. The highest BCUT2D eigenvalue weighted by Gasteiger charge is 2.46. The molecule has 1 aliphatic carbocycles. The van der Waals surface area contributed by atoms with Crippen LogP contribution in [0.1, 0.15) is 22.3 Å². The number of hydrogen-bond donors (Lipinski definition) is 0. The van der Waals surface area contributed by atoms with E-state index in [4.69, 9.17) is 4.42 Å². The molecule has 11 rings (SSSR count). The van der Waals surface area contributed by atoms with Crippen molar-refractivity contribution in [2.24, 2.45) is 0 Å². The minimum absolute atomic E-state index is 0.492. The van der Waals surface area contributed by atoms with Crippen molar-refractivity contribution in [3.05, 3.63) is 247 Å². The molecule has 0 spiro atoms. The largest absolute Gasteiger partial charge is 0.454 e. The highest BCUT2D eigenvalue weighted by molar-refractivity contribution is 6.11. The zero-order valence-corrected chi connectivity index (χ0v) is 31.2. The zero-order chi connectivity index (χ0) is 37.8. The average molecular weight is 728 g/mol. The first-order valence-electron chi connectivity index (χ1n) is 19.6. The summed E-state index contributed by atoms with van der Waals surface area (Å²) in [5.41, 5.74) is 16.6. The van der Waals surface area contributed by atoms with Gasteiger partial charge in [0.05, 0.1) is 11.1 Å². The lowest BCUT2D eigenvalue weighted by atomic mass is 9.67. The molecule has 0 fully saturated rings. The van der Waals surface area contributed by atoms with E-state index in [1.165, 1.54) is 50.1 Å². The number of hydrogen-bond acceptors (Lipinski definition) is 2. The lowest BCUT2D eigenvalue weighted by molar-refractivity contribution is 0.668. The number of para-hydroxylation sites is 1. The molecular weight excluding hydrogens is 691 g/mol. The lowest BCUT2D eigenvalue weighted by Crippen LogP contribution is -2.28. The summed E-state index contributed by atoms with van der Waals surface area (Å²) in [5, 5.41) is 2.18. The topological polar surface area (TPSA) is 16.4 Å². The van der Waals surface area contributed by atoms with Crippen molar-refractivity contribution in [3.8, 4) is 33.4 Å². The van der Waals surface area contributed by atoms with E-state index in [2.05, 4.69) is 229 Å². The number of anilines is 3. The number of furan rings is 1. The maximum absolute atomic E-state index is 6.97. The van der Waals surface area contributed by atoms with Crippen molar-refractivity contribution in [1.82, 2.24) is 0 Å². The van der Waals surface area contributed by atoms with E-state index < -0.39 is 5.41 Å². The van der Waals surface area contributed by atoms with Crippen molar-refractivity contribution < 1.29 is 4.42 Å². The second kappa shape index (κ2) is 13.4. The van der Waals surface area contributed by atoms with Gasteiger partial charge in [0, 0.05) is 22.1 Å². The Bertz CT molecular complexity index is 3010. The molecule has 0 atom stereocenters. The van der Waals surface area contributed by atoms with E-state index in [-0.39, 0.29) is 0 Å². The van der Waals surface area contributed by atoms with Gasteiger partial charge in [0.25, 0.3) is 0 Å². The molecule has 0 saturated carbocycles.